The van der Waals surface area contributed by atoms with Crippen molar-refractivity contribution in [3.05, 3.63) is 71.8 Å². The summed E-state index contributed by atoms with van der Waals surface area (Å²) in [6, 6.07) is 23.4. The summed E-state index contributed by atoms with van der Waals surface area (Å²) < 4.78 is 12.3. The van der Waals surface area contributed by atoms with Gasteiger partial charge in [-0.15, -0.1) is 0 Å². The lowest BCUT2D eigenvalue weighted by atomic mass is 10.0. The number of hydrogen-bond donors (Lipinski definition) is 0. The molecule has 4 heteroatoms. The van der Waals surface area contributed by atoms with Crippen molar-refractivity contribution in [2.45, 2.75) is 0 Å². The van der Waals surface area contributed by atoms with E-state index in [2.05, 4.69) is 12.1 Å². The van der Waals surface area contributed by atoms with E-state index in [0.717, 1.165) is 43.5 Å². The first kappa shape index (κ1) is 14.8. The van der Waals surface area contributed by atoms with Crippen molar-refractivity contribution in [1.29, 1.82) is 10.5 Å². The lowest BCUT2D eigenvalue weighted by Gasteiger charge is -2.00. The molecule has 0 unspecified atom stereocenters. The molecule has 0 radical (unpaired) electrons. The van der Waals surface area contributed by atoms with E-state index >= 15 is 0 Å². The van der Waals surface area contributed by atoms with E-state index in [1.54, 1.807) is 24.3 Å². The Hall–Kier alpha value is -4.28. The van der Waals surface area contributed by atoms with Crippen LogP contribution < -0.4 is 0 Å². The van der Waals surface area contributed by atoms with Crippen molar-refractivity contribution in [3.8, 4) is 12.1 Å². The third-order valence-electron chi connectivity index (χ3n) is 5.33. The minimum atomic E-state index is 0.573. The second-order valence-corrected chi connectivity index (χ2v) is 6.83. The number of nitriles is 2. The van der Waals surface area contributed by atoms with Gasteiger partial charge in [-0.1, -0.05) is 0 Å². The summed E-state index contributed by atoms with van der Waals surface area (Å²) in [5.41, 5.74) is 4.10. The van der Waals surface area contributed by atoms with Crippen LogP contribution in [0.5, 0.6) is 0 Å². The monoisotopic (exact) mass is 358 g/mol. The highest BCUT2D eigenvalue weighted by Gasteiger charge is 2.15. The number of benzene rings is 4. The summed E-state index contributed by atoms with van der Waals surface area (Å²) in [6.07, 6.45) is 0. The van der Waals surface area contributed by atoms with E-state index < -0.39 is 0 Å². The van der Waals surface area contributed by atoms with Gasteiger partial charge in [0.2, 0.25) is 0 Å². The fourth-order valence-corrected chi connectivity index (χ4v) is 4.01. The average Bonchev–Trinajstić information content (AvgIpc) is 3.30. The van der Waals surface area contributed by atoms with Gasteiger partial charge in [-0.05, 0) is 60.7 Å². The average molecular weight is 358 g/mol. The van der Waals surface area contributed by atoms with Crippen LogP contribution in [0.3, 0.4) is 0 Å². The first-order valence-electron chi connectivity index (χ1n) is 8.81. The lowest BCUT2D eigenvalue weighted by Crippen LogP contribution is -1.76. The predicted molar refractivity (Wildman–Crippen MR) is 108 cm³/mol. The van der Waals surface area contributed by atoms with E-state index in [1.165, 1.54) is 0 Å². The molecule has 128 valence electrons. The maximum Gasteiger partial charge on any atom is 0.143 e. The van der Waals surface area contributed by atoms with Crippen molar-refractivity contribution in [2.75, 3.05) is 0 Å². The van der Waals surface area contributed by atoms with Crippen LogP contribution in [0.15, 0.2) is 69.5 Å². The summed E-state index contributed by atoms with van der Waals surface area (Å²) in [5.74, 6) is 0. The van der Waals surface area contributed by atoms with Gasteiger partial charge in [0.1, 0.15) is 22.3 Å². The van der Waals surface area contributed by atoms with Gasteiger partial charge in [-0.25, -0.2) is 0 Å². The van der Waals surface area contributed by atoms with Crippen LogP contribution in [0.1, 0.15) is 11.1 Å². The minimum absolute atomic E-state index is 0.573. The van der Waals surface area contributed by atoms with Crippen LogP contribution >= 0.6 is 0 Å². The molecule has 2 heterocycles. The Balaban J connectivity index is 1.76. The third kappa shape index (κ3) is 1.81. The molecule has 6 aromatic rings. The van der Waals surface area contributed by atoms with Crippen molar-refractivity contribution in [1.82, 2.24) is 0 Å². The fraction of sp³-hybridized carbons (Fsp3) is 0. The van der Waals surface area contributed by atoms with E-state index in [0.29, 0.717) is 22.3 Å². The first-order valence-corrected chi connectivity index (χ1v) is 8.81. The van der Waals surface area contributed by atoms with E-state index in [-0.39, 0.29) is 0 Å². The van der Waals surface area contributed by atoms with E-state index in [1.807, 2.05) is 36.4 Å². The van der Waals surface area contributed by atoms with Crippen LogP contribution in [-0.2, 0) is 0 Å². The zero-order chi connectivity index (χ0) is 18.8. The number of hydrogen-bond acceptors (Lipinski definition) is 4. The Morgan fingerprint density at radius 3 is 1.25 bits per heavy atom. The highest BCUT2D eigenvalue weighted by atomic mass is 16.3. The minimum Gasteiger partial charge on any atom is -0.455 e. The summed E-state index contributed by atoms with van der Waals surface area (Å²) in [7, 11) is 0. The van der Waals surface area contributed by atoms with Gasteiger partial charge in [0.15, 0.2) is 0 Å². The van der Waals surface area contributed by atoms with Crippen LogP contribution in [0.25, 0.3) is 54.6 Å². The molecule has 0 spiro atoms. The molecule has 0 aliphatic rings. The van der Waals surface area contributed by atoms with Gasteiger partial charge in [-0.2, -0.15) is 10.5 Å². The fourth-order valence-electron chi connectivity index (χ4n) is 4.01. The van der Waals surface area contributed by atoms with Gasteiger partial charge in [0.25, 0.3) is 0 Å². The quantitative estimate of drug-likeness (QED) is 0.316. The molecule has 6 rings (SSSR count). The van der Waals surface area contributed by atoms with Gasteiger partial charge < -0.3 is 8.83 Å². The zero-order valence-corrected chi connectivity index (χ0v) is 14.5. The van der Waals surface area contributed by atoms with Crippen molar-refractivity contribution in [2.24, 2.45) is 0 Å². The smallest absolute Gasteiger partial charge is 0.143 e. The first-order chi connectivity index (χ1) is 13.8. The lowest BCUT2D eigenvalue weighted by molar-refractivity contribution is 0.669. The third-order valence-corrected chi connectivity index (χ3v) is 5.33. The Kier molecular flexibility index (Phi) is 2.72. The highest BCUT2D eigenvalue weighted by Crippen LogP contribution is 2.39. The molecule has 28 heavy (non-hydrogen) atoms. The maximum atomic E-state index is 9.14. The standard InChI is InChI=1S/C24H10N2O2/c25-11-13-1-3-15-17-5-7-20-19(23(17)27-21(15)9-13)8-6-18-16-4-2-14(12-26)10-22(16)28-24(18)20/h1-10H. The van der Waals surface area contributed by atoms with Crippen LogP contribution in [0.4, 0.5) is 0 Å². The molecule has 0 fully saturated rings. The van der Waals surface area contributed by atoms with Crippen molar-refractivity contribution >= 4 is 54.6 Å². The Labute approximate surface area is 158 Å². The number of rotatable bonds is 0. The van der Waals surface area contributed by atoms with Crippen molar-refractivity contribution < 1.29 is 8.83 Å². The molecule has 0 aliphatic carbocycles. The Morgan fingerprint density at radius 2 is 0.857 bits per heavy atom. The van der Waals surface area contributed by atoms with Gasteiger partial charge in [0, 0.05) is 32.3 Å². The molecule has 0 saturated carbocycles. The topological polar surface area (TPSA) is 73.9 Å². The summed E-state index contributed by atoms with van der Waals surface area (Å²) in [5, 5.41) is 24.2. The van der Waals surface area contributed by atoms with E-state index in [4.69, 9.17) is 19.4 Å². The molecule has 0 saturated heterocycles. The molecule has 0 bridgehead atoms. The normalized spacial score (nSPS) is 11.5. The second kappa shape index (κ2) is 5.13. The maximum absolute atomic E-state index is 9.14. The number of furan rings is 2. The SMILES string of the molecule is N#Cc1ccc2c(c1)oc1c2ccc2c1ccc1c3ccc(C#N)cc3oc12. The molecule has 4 nitrogen and oxygen atoms in total. The molecule has 0 amide bonds. The number of fused-ring (bicyclic) bond motifs is 9. The molecule has 4 aromatic carbocycles. The predicted octanol–water partition coefficient (Wildman–Crippen LogP) is 6.38. The van der Waals surface area contributed by atoms with Gasteiger partial charge >= 0.3 is 0 Å². The molecule has 2 aromatic heterocycles. The summed E-state index contributed by atoms with van der Waals surface area (Å²) in [6.45, 7) is 0. The molecular formula is C24H10N2O2. The van der Waals surface area contributed by atoms with Crippen LogP contribution in [-0.4, -0.2) is 0 Å². The van der Waals surface area contributed by atoms with Crippen LogP contribution in [0.2, 0.25) is 0 Å². The van der Waals surface area contributed by atoms with Gasteiger partial charge in [0.05, 0.1) is 23.3 Å². The second-order valence-electron chi connectivity index (χ2n) is 6.83. The van der Waals surface area contributed by atoms with Crippen LogP contribution in [0, 0.1) is 22.7 Å². The molecular weight excluding hydrogens is 348 g/mol. The number of nitrogens with zero attached hydrogens (tertiary/aromatic N) is 2. The molecule has 0 aliphatic heterocycles. The zero-order valence-electron chi connectivity index (χ0n) is 14.5. The largest absolute Gasteiger partial charge is 0.455 e. The molecule has 0 atom stereocenters. The Bertz CT molecular complexity index is 1560. The van der Waals surface area contributed by atoms with E-state index in [9.17, 15) is 0 Å². The summed E-state index contributed by atoms with van der Waals surface area (Å²) in [4.78, 5) is 0. The molecule has 0 N–H and O–H groups in total. The van der Waals surface area contributed by atoms with Gasteiger partial charge in [-0.3, -0.25) is 0 Å². The summed E-state index contributed by atoms with van der Waals surface area (Å²) >= 11 is 0. The van der Waals surface area contributed by atoms with Crippen molar-refractivity contribution in [3.63, 3.8) is 0 Å². The highest BCUT2D eigenvalue weighted by molar-refractivity contribution is 6.22. The Morgan fingerprint density at radius 1 is 0.500 bits per heavy atom.